The van der Waals surface area contributed by atoms with Crippen LogP contribution in [0.3, 0.4) is 0 Å². The molecule has 0 aromatic carbocycles. The van der Waals surface area contributed by atoms with E-state index in [-0.39, 0.29) is 0 Å². The van der Waals surface area contributed by atoms with Gasteiger partial charge in [0.2, 0.25) is 5.91 Å². The van der Waals surface area contributed by atoms with Gasteiger partial charge >= 0.3 is 0 Å². The van der Waals surface area contributed by atoms with Crippen molar-refractivity contribution in [3.05, 3.63) is 22.4 Å². The van der Waals surface area contributed by atoms with Gasteiger partial charge in [0.1, 0.15) is 0 Å². The molecular weight excluding hydrogens is 270 g/mol. The number of nitrogens with zero attached hydrogens (tertiary/aromatic N) is 2. The molecule has 1 unspecified atom stereocenters. The molecule has 5 heteroatoms. The van der Waals surface area contributed by atoms with E-state index in [4.69, 9.17) is 0 Å². The highest BCUT2D eigenvalue weighted by atomic mass is 32.1. The maximum atomic E-state index is 12.6. The van der Waals surface area contributed by atoms with Crippen molar-refractivity contribution < 1.29 is 4.79 Å². The number of carbonyl (C=O) groups is 1. The van der Waals surface area contributed by atoms with Crippen molar-refractivity contribution in [3.8, 4) is 0 Å². The number of rotatable bonds is 5. The summed E-state index contributed by atoms with van der Waals surface area (Å²) in [5.74, 6) is 0.301. The van der Waals surface area contributed by atoms with Crippen LogP contribution >= 0.6 is 11.3 Å². The Labute approximate surface area is 124 Å². The van der Waals surface area contributed by atoms with Crippen molar-refractivity contribution in [2.24, 2.45) is 0 Å². The predicted molar refractivity (Wildman–Crippen MR) is 81.9 cm³/mol. The van der Waals surface area contributed by atoms with Gasteiger partial charge in [0, 0.05) is 30.6 Å². The van der Waals surface area contributed by atoms with E-state index in [0.29, 0.717) is 24.5 Å². The van der Waals surface area contributed by atoms with Gasteiger partial charge in [-0.1, -0.05) is 13.0 Å². The Bertz CT molecular complexity index is 444. The first-order chi connectivity index (χ1) is 9.79. The van der Waals surface area contributed by atoms with Gasteiger partial charge in [0.25, 0.3) is 0 Å². The fourth-order valence-electron chi connectivity index (χ4n) is 3.14. The number of nitrogens with one attached hydrogen (secondary N) is 1. The van der Waals surface area contributed by atoms with E-state index in [1.807, 2.05) is 0 Å². The molecule has 0 aliphatic carbocycles. The molecule has 2 aliphatic heterocycles. The van der Waals surface area contributed by atoms with E-state index in [2.05, 4.69) is 39.6 Å². The van der Waals surface area contributed by atoms with Gasteiger partial charge in [-0.3, -0.25) is 9.69 Å². The van der Waals surface area contributed by atoms with Crippen molar-refractivity contribution in [2.75, 3.05) is 32.7 Å². The van der Waals surface area contributed by atoms with Crippen LogP contribution in [0.25, 0.3) is 0 Å². The van der Waals surface area contributed by atoms with Crippen LogP contribution in [0, 0.1) is 0 Å². The molecule has 1 aromatic heterocycles. The third-order valence-electron chi connectivity index (χ3n) is 4.47. The van der Waals surface area contributed by atoms with Crippen LogP contribution in [0.15, 0.2) is 17.5 Å². The Morgan fingerprint density at radius 2 is 2.40 bits per heavy atom. The molecule has 1 N–H and O–H groups in total. The van der Waals surface area contributed by atoms with Crippen molar-refractivity contribution in [1.29, 1.82) is 0 Å². The second-order valence-corrected chi connectivity index (χ2v) is 6.62. The number of carbonyl (C=O) groups excluding carboxylic acids is 1. The van der Waals surface area contributed by atoms with Crippen LogP contribution in [0.4, 0.5) is 0 Å². The summed E-state index contributed by atoms with van der Waals surface area (Å²) in [4.78, 5) is 18.4. The van der Waals surface area contributed by atoms with Crippen molar-refractivity contribution in [3.63, 3.8) is 0 Å². The van der Waals surface area contributed by atoms with E-state index in [1.54, 1.807) is 11.3 Å². The third kappa shape index (κ3) is 2.75. The lowest BCUT2D eigenvalue weighted by Gasteiger charge is -2.38. The normalized spacial score (nSPS) is 23.3. The molecule has 2 saturated heterocycles. The summed E-state index contributed by atoms with van der Waals surface area (Å²) in [5.41, 5.74) is 0. The number of thiophene rings is 1. The van der Waals surface area contributed by atoms with Crippen molar-refractivity contribution in [2.45, 2.75) is 31.8 Å². The SMILES string of the molecule is CCN(CC(=O)N1CCCC1c1cccs1)C1CNC1. The van der Waals surface area contributed by atoms with Crippen LogP contribution in [-0.4, -0.2) is 54.5 Å². The van der Waals surface area contributed by atoms with Crippen molar-refractivity contribution >= 4 is 17.2 Å². The second-order valence-electron chi connectivity index (χ2n) is 5.64. The summed E-state index contributed by atoms with van der Waals surface area (Å²) in [7, 11) is 0. The number of likely N-dealkylation sites (tertiary alicyclic amines) is 1. The van der Waals surface area contributed by atoms with E-state index in [1.165, 1.54) is 4.88 Å². The third-order valence-corrected chi connectivity index (χ3v) is 5.44. The summed E-state index contributed by atoms with van der Waals surface area (Å²) in [6, 6.07) is 5.11. The maximum absolute atomic E-state index is 12.6. The highest BCUT2D eigenvalue weighted by Crippen LogP contribution is 2.34. The van der Waals surface area contributed by atoms with Gasteiger partial charge in [-0.15, -0.1) is 11.3 Å². The molecule has 20 heavy (non-hydrogen) atoms. The smallest absolute Gasteiger partial charge is 0.237 e. The van der Waals surface area contributed by atoms with Gasteiger partial charge in [0.15, 0.2) is 0 Å². The van der Waals surface area contributed by atoms with Crippen LogP contribution in [-0.2, 0) is 4.79 Å². The molecule has 2 aliphatic rings. The first-order valence-corrected chi connectivity index (χ1v) is 8.45. The zero-order chi connectivity index (χ0) is 13.9. The van der Waals surface area contributed by atoms with E-state index < -0.39 is 0 Å². The van der Waals surface area contributed by atoms with Gasteiger partial charge in [0.05, 0.1) is 12.6 Å². The van der Waals surface area contributed by atoms with Gasteiger partial charge in [-0.2, -0.15) is 0 Å². The lowest BCUT2D eigenvalue weighted by molar-refractivity contribution is -0.134. The van der Waals surface area contributed by atoms with Gasteiger partial charge in [-0.25, -0.2) is 0 Å². The first kappa shape index (κ1) is 14.0. The summed E-state index contributed by atoms with van der Waals surface area (Å²) in [5, 5.41) is 5.39. The van der Waals surface area contributed by atoms with Crippen LogP contribution in [0.2, 0.25) is 0 Å². The fraction of sp³-hybridized carbons (Fsp3) is 0.667. The molecule has 1 aromatic rings. The quantitative estimate of drug-likeness (QED) is 0.897. The standard InChI is InChI=1S/C15H23N3OS/c1-2-17(12-9-16-10-12)11-15(19)18-7-3-5-13(18)14-6-4-8-20-14/h4,6,8,12-13,16H,2-3,5,7,9-11H2,1H3. The molecule has 1 amide bonds. The summed E-state index contributed by atoms with van der Waals surface area (Å²) >= 11 is 1.77. The predicted octanol–water partition coefficient (Wildman–Crippen LogP) is 1.71. The minimum Gasteiger partial charge on any atom is -0.334 e. The summed E-state index contributed by atoms with van der Waals surface area (Å²) in [6.07, 6.45) is 2.24. The van der Waals surface area contributed by atoms with Gasteiger partial charge in [-0.05, 0) is 30.8 Å². The zero-order valence-electron chi connectivity index (χ0n) is 12.0. The Hall–Kier alpha value is -0.910. The topological polar surface area (TPSA) is 35.6 Å². The number of hydrogen-bond donors (Lipinski definition) is 1. The summed E-state index contributed by atoms with van der Waals surface area (Å²) in [6.45, 7) is 6.64. The largest absolute Gasteiger partial charge is 0.334 e. The molecule has 3 heterocycles. The molecule has 0 radical (unpaired) electrons. The van der Waals surface area contributed by atoms with Crippen molar-refractivity contribution in [1.82, 2.24) is 15.1 Å². The van der Waals surface area contributed by atoms with Crippen LogP contribution in [0.5, 0.6) is 0 Å². The average Bonchev–Trinajstić information content (AvgIpc) is 3.05. The molecule has 0 saturated carbocycles. The molecule has 0 bridgehead atoms. The maximum Gasteiger partial charge on any atom is 0.237 e. The molecule has 110 valence electrons. The monoisotopic (exact) mass is 293 g/mol. The Kier molecular flexibility index (Phi) is 4.38. The fourth-order valence-corrected chi connectivity index (χ4v) is 4.01. The zero-order valence-corrected chi connectivity index (χ0v) is 12.9. The number of hydrogen-bond acceptors (Lipinski definition) is 4. The highest BCUT2D eigenvalue weighted by Gasteiger charge is 2.33. The van der Waals surface area contributed by atoms with Crippen LogP contribution in [0.1, 0.15) is 30.7 Å². The molecule has 0 spiro atoms. The lowest BCUT2D eigenvalue weighted by Crippen LogP contribution is -2.59. The second kappa shape index (κ2) is 6.24. The lowest BCUT2D eigenvalue weighted by atomic mass is 10.1. The first-order valence-electron chi connectivity index (χ1n) is 7.57. The minimum absolute atomic E-state index is 0.301. The van der Waals surface area contributed by atoms with Crippen LogP contribution < -0.4 is 5.32 Å². The molecule has 4 nitrogen and oxygen atoms in total. The van der Waals surface area contributed by atoms with E-state index in [0.717, 1.165) is 39.0 Å². The molecular formula is C15H23N3OS. The molecule has 1 atom stereocenters. The van der Waals surface area contributed by atoms with E-state index >= 15 is 0 Å². The Morgan fingerprint density at radius 3 is 3.00 bits per heavy atom. The van der Waals surface area contributed by atoms with E-state index in [9.17, 15) is 4.79 Å². The highest BCUT2D eigenvalue weighted by molar-refractivity contribution is 7.10. The summed E-state index contributed by atoms with van der Waals surface area (Å²) < 4.78 is 0. The van der Waals surface area contributed by atoms with Gasteiger partial charge < -0.3 is 10.2 Å². The average molecular weight is 293 g/mol. The molecule has 3 rings (SSSR count). The Morgan fingerprint density at radius 1 is 1.55 bits per heavy atom. The minimum atomic E-state index is 0.301. The number of likely N-dealkylation sites (N-methyl/N-ethyl adjacent to an activating group) is 1. The molecule has 2 fully saturated rings. The number of amides is 1. The Balaban J connectivity index is 1.63.